The van der Waals surface area contributed by atoms with Gasteiger partial charge in [0.1, 0.15) is 17.1 Å². The van der Waals surface area contributed by atoms with E-state index in [1.807, 2.05) is 25.2 Å². The van der Waals surface area contributed by atoms with Gasteiger partial charge in [0.2, 0.25) is 0 Å². The second-order valence-corrected chi connectivity index (χ2v) is 6.86. The maximum atomic E-state index is 10.9. The van der Waals surface area contributed by atoms with Crippen LogP contribution in [0.3, 0.4) is 0 Å². The number of aliphatic hydroxyl groups is 1. The van der Waals surface area contributed by atoms with Gasteiger partial charge >= 0.3 is 0 Å². The molecule has 7 nitrogen and oxygen atoms in total. The summed E-state index contributed by atoms with van der Waals surface area (Å²) in [6.07, 6.45) is 3.19. The number of nitrogens with one attached hydrogen (secondary N) is 1. The highest BCUT2D eigenvalue weighted by Gasteiger charge is 2.37. The maximum absolute atomic E-state index is 10.9. The van der Waals surface area contributed by atoms with Gasteiger partial charge in [0.25, 0.3) is 0 Å². The fourth-order valence-electron chi connectivity index (χ4n) is 3.46. The summed E-state index contributed by atoms with van der Waals surface area (Å²) in [5.74, 6) is 0.955. The molecule has 0 radical (unpaired) electrons. The van der Waals surface area contributed by atoms with Crippen LogP contribution in [0.25, 0.3) is 11.0 Å². The predicted molar refractivity (Wildman–Crippen MR) is 90.5 cm³/mol. The van der Waals surface area contributed by atoms with E-state index in [0.717, 1.165) is 29.8 Å². The average Bonchev–Trinajstić information content (AvgIpc) is 3.17. The Hall–Kier alpha value is -1.96. The van der Waals surface area contributed by atoms with Crippen LogP contribution in [0.2, 0.25) is 5.02 Å². The Labute approximate surface area is 144 Å². The molecule has 0 spiro atoms. The second-order valence-electron chi connectivity index (χ2n) is 6.42. The van der Waals surface area contributed by atoms with Crippen molar-refractivity contribution in [1.29, 1.82) is 0 Å². The van der Waals surface area contributed by atoms with Crippen LogP contribution in [0.4, 0.5) is 0 Å². The van der Waals surface area contributed by atoms with Crippen molar-refractivity contribution in [3.8, 4) is 0 Å². The molecule has 2 aromatic heterocycles. The van der Waals surface area contributed by atoms with Crippen molar-refractivity contribution in [2.75, 3.05) is 13.1 Å². The monoisotopic (exact) mass is 346 g/mol. The van der Waals surface area contributed by atoms with Crippen LogP contribution in [-0.4, -0.2) is 48.1 Å². The molecule has 1 unspecified atom stereocenters. The fourth-order valence-corrected chi connectivity index (χ4v) is 3.62. The number of aromatic amines is 1. The van der Waals surface area contributed by atoms with Gasteiger partial charge in [0, 0.05) is 18.6 Å². The number of benzene rings is 1. The number of halogens is 1. The first-order valence-corrected chi connectivity index (χ1v) is 8.35. The molecule has 1 saturated heterocycles. The lowest BCUT2D eigenvalue weighted by molar-refractivity contribution is -0.0421. The molecule has 1 fully saturated rings. The maximum Gasteiger partial charge on any atom is 0.123 e. The van der Waals surface area contributed by atoms with Crippen molar-refractivity contribution < 1.29 is 5.11 Å². The SMILES string of the molecule is Cn1c(CN2CCCC(O)(c3cn[nH]n3)C2)nc2cc(Cl)ccc21. The van der Waals surface area contributed by atoms with Crippen LogP contribution < -0.4 is 0 Å². The lowest BCUT2D eigenvalue weighted by Gasteiger charge is -2.37. The molecule has 2 N–H and O–H groups in total. The Balaban J connectivity index is 1.58. The molecule has 1 atom stereocenters. The zero-order chi connectivity index (χ0) is 16.7. The summed E-state index contributed by atoms with van der Waals surface area (Å²) in [5, 5.41) is 22.1. The van der Waals surface area contributed by atoms with Crippen LogP contribution in [0, 0.1) is 0 Å². The molecule has 24 heavy (non-hydrogen) atoms. The number of hydrogen-bond acceptors (Lipinski definition) is 5. The van der Waals surface area contributed by atoms with Crippen molar-refractivity contribution in [2.24, 2.45) is 7.05 Å². The van der Waals surface area contributed by atoms with E-state index in [2.05, 4.69) is 24.9 Å². The molecule has 0 amide bonds. The summed E-state index contributed by atoms with van der Waals surface area (Å²) in [6.45, 7) is 2.11. The van der Waals surface area contributed by atoms with Crippen LogP contribution >= 0.6 is 11.6 Å². The molecule has 3 heterocycles. The molecule has 1 aliphatic heterocycles. The largest absolute Gasteiger partial charge is 0.382 e. The van der Waals surface area contributed by atoms with Crippen LogP contribution in [0.15, 0.2) is 24.4 Å². The first kappa shape index (κ1) is 15.6. The van der Waals surface area contributed by atoms with Crippen molar-refractivity contribution >= 4 is 22.6 Å². The number of H-pyrrole nitrogens is 1. The lowest BCUT2D eigenvalue weighted by atomic mass is 9.90. The Kier molecular flexibility index (Phi) is 3.79. The molecule has 1 aromatic carbocycles. The van der Waals surface area contributed by atoms with E-state index in [0.29, 0.717) is 30.2 Å². The predicted octanol–water partition coefficient (Wildman–Crippen LogP) is 1.83. The number of hydrogen-bond donors (Lipinski definition) is 2. The molecule has 0 bridgehead atoms. The van der Waals surface area contributed by atoms with Crippen LogP contribution in [-0.2, 0) is 19.2 Å². The lowest BCUT2D eigenvalue weighted by Crippen LogP contribution is -2.46. The number of imidazole rings is 1. The van der Waals surface area contributed by atoms with Crippen molar-refractivity contribution in [1.82, 2.24) is 29.9 Å². The van der Waals surface area contributed by atoms with E-state index >= 15 is 0 Å². The Morgan fingerprint density at radius 2 is 2.29 bits per heavy atom. The van der Waals surface area contributed by atoms with Gasteiger partial charge in [-0.1, -0.05) is 11.6 Å². The molecule has 0 saturated carbocycles. The van der Waals surface area contributed by atoms with E-state index in [4.69, 9.17) is 16.6 Å². The van der Waals surface area contributed by atoms with Gasteiger partial charge in [-0.15, -0.1) is 0 Å². The molecule has 126 valence electrons. The summed E-state index contributed by atoms with van der Waals surface area (Å²) in [7, 11) is 2.01. The third-order valence-corrected chi connectivity index (χ3v) is 4.98. The highest BCUT2D eigenvalue weighted by Crippen LogP contribution is 2.30. The van der Waals surface area contributed by atoms with Crippen LogP contribution in [0.5, 0.6) is 0 Å². The van der Waals surface area contributed by atoms with E-state index in [9.17, 15) is 5.11 Å². The summed E-state index contributed by atoms with van der Waals surface area (Å²) < 4.78 is 2.08. The summed E-state index contributed by atoms with van der Waals surface area (Å²) >= 11 is 6.06. The van der Waals surface area contributed by atoms with Gasteiger partial charge in [0.05, 0.1) is 23.8 Å². The molecule has 0 aliphatic carbocycles. The van der Waals surface area contributed by atoms with Crippen molar-refractivity contribution in [2.45, 2.75) is 25.0 Å². The minimum atomic E-state index is -0.959. The number of nitrogens with zero attached hydrogens (tertiary/aromatic N) is 5. The summed E-state index contributed by atoms with van der Waals surface area (Å²) in [4.78, 5) is 6.91. The number of β-amino-alcohol motifs (C(OH)–C–C–N with tert-alkyl or cyclic N) is 1. The second kappa shape index (κ2) is 5.84. The van der Waals surface area contributed by atoms with Crippen molar-refractivity contribution in [3.63, 3.8) is 0 Å². The highest BCUT2D eigenvalue weighted by atomic mass is 35.5. The van der Waals surface area contributed by atoms with E-state index in [1.165, 1.54) is 0 Å². The van der Waals surface area contributed by atoms with Gasteiger partial charge in [-0.25, -0.2) is 4.98 Å². The Bertz CT molecular complexity index is 861. The first-order chi connectivity index (χ1) is 11.5. The van der Waals surface area contributed by atoms with Gasteiger partial charge in [-0.05, 0) is 37.6 Å². The minimum Gasteiger partial charge on any atom is -0.382 e. The van der Waals surface area contributed by atoms with Crippen LogP contribution in [0.1, 0.15) is 24.4 Å². The third-order valence-electron chi connectivity index (χ3n) is 4.74. The molecular weight excluding hydrogens is 328 g/mol. The number of piperidine rings is 1. The zero-order valence-electron chi connectivity index (χ0n) is 13.4. The summed E-state index contributed by atoms with van der Waals surface area (Å²) in [5.41, 5.74) is 1.59. The normalized spacial score (nSPS) is 22.3. The smallest absolute Gasteiger partial charge is 0.123 e. The molecule has 3 aromatic rings. The highest BCUT2D eigenvalue weighted by molar-refractivity contribution is 6.31. The molecule has 8 heteroatoms. The Morgan fingerprint density at radius 3 is 3.08 bits per heavy atom. The Morgan fingerprint density at radius 1 is 1.42 bits per heavy atom. The number of aryl methyl sites for hydroxylation is 1. The minimum absolute atomic E-state index is 0.517. The molecular formula is C16H19ClN6O. The number of aromatic nitrogens is 5. The third kappa shape index (κ3) is 2.68. The topological polar surface area (TPSA) is 82.9 Å². The molecule has 4 rings (SSSR count). The average molecular weight is 347 g/mol. The fraction of sp³-hybridized carbons (Fsp3) is 0.438. The quantitative estimate of drug-likeness (QED) is 0.756. The van der Waals surface area contributed by atoms with Gasteiger partial charge < -0.3 is 9.67 Å². The first-order valence-electron chi connectivity index (χ1n) is 7.97. The van der Waals surface area contributed by atoms with E-state index in [-0.39, 0.29) is 0 Å². The number of rotatable bonds is 3. The van der Waals surface area contributed by atoms with Gasteiger partial charge in [-0.3, -0.25) is 4.90 Å². The summed E-state index contributed by atoms with van der Waals surface area (Å²) in [6, 6.07) is 5.73. The van der Waals surface area contributed by atoms with Gasteiger partial charge in [0.15, 0.2) is 0 Å². The number of likely N-dealkylation sites (tertiary alicyclic amines) is 1. The zero-order valence-corrected chi connectivity index (χ0v) is 14.2. The van der Waals surface area contributed by atoms with E-state index in [1.54, 1.807) is 6.20 Å². The van der Waals surface area contributed by atoms with Gasteiger partial charge in [-0.2, -0.15) is 15.4 Å². The standard InChI is InChI=1S/C16H19ClN6O/c1-22-13-4-3-11(17)7-12(13)19-15(22)9-23-6-2-5-16(24,10-23)14-8-18-21-20-14/h3-4,7-8,24H,2,5-6,9-10H2,1H3,(H,18,20,21). The van der Waals surface area contributed by atoms with E-state index < -0.39 is 5.60 Å². The molecule has 1 aliphatic rings. The number of fused-ring (bicyclic) bond motifs is 1. The van der Waals surface area contributed by atoms with Crippen molar-refractivity contribution in [3.05, 3.63) is 40.9 Å².